The molecule has 0 aliphatic rings. The average molecular weight is 237 g/mol. The molecular formula is C14H20FNO. The van der Waals surface area contributed by atoms with Crippen LogP contribution in [-0.4, -0.2) is 5.91 Å². The molecule has 0 saturated carbocycles. The summed E-state index contributed by atoms with van der Waals surface area (Å²) in [5.74, 6) is -1.07. The molecule has 0 saturated heterocycles. The fraction of sp³-hybridized carbons (Fsp3) is 0.357. The van der Waals surface area contributed by atoms with E-state index < -0.39 is 11.7 Å². The lowest BCUT2D eigenvalue weighted by Crippen LogP contribution is -2.14. The van der Waals surface area contributed by atoms with E-state index in [1.165, 1.54) is 6.08 Å². The van der Waals surface area contributed by atoms with E-state index in [9.17, 15) is 9.18 Å². The van der Waals surface area contributed by atoms with Gasteiger partial charge in [-0.1, -0.05) is 26.5 Å². The van der Waals surface area contributed by atoms with Crippen LogP contribution in [0.25, 0.3) is 0 Å². The molecule has 2 N–H and O–H groups in total. The first kappa shape index (κ1) is 15.4. The summed E-state index contributed by atoms with van der Waals surface area (Å²) in [6.07, 6.45) is 2.93. The normalized spacial score (nSPS) is 13.1. The van der Waals surface area contributed by atoms with Gasteiger partial charge in [0, 0.05) is 5.57 Å². The number of halogens is 1. The minimum atomic E-state index is -0.561. The van der Waals surface area contributed by atoms with Crippen LogP contribution in [0.5, 0.6) is 0 Å². The molecule has 0 aromatic heterocycles. The van der Waals surface area contributed by atoms with Gasteiger partial charge in [-0.3, -0.25) is 4.79 Å². The lowest BCUT2D eigenvalue weighted by Gasteiger charge is -2.13. The van der Waals surface area contributed by atoms with Gasteiger partial charge in [0.25, 0.3) is 0 Å². The lowest BCUT2D eigenvalue weighted by atomic mass is 9.93. The summed E-state index contributed by atoms with van der Waals surface area (Å²) in [7, 11) is 0. The number of hydrogen-bond donors (Lipinski definition) is 1. The maximum atomic E-state index is 12.9. The first-order chi connectivity index (χ1) is 7.81. The van der Waals surface area contributed by atoms with E-state index in [-0.39, 0.29) is 0 Å². The molecule has 0 spiro atoms. The predicted molar refractivity (Wildman–Crippen MR) is 69.9 cm³/mol. The zero-order valence-corrected chi connectivity index (χ0v) is 10.8. The fourth-order valence-electron chi connectivity index (χ4n) is 1.46. The van der Waals surface area contributed by atoms with Crippen molar-refractivity contribution in [3.63, 3.8) is 0 Å². The van der Waals surface area contributed by atoms with Crippen molar-refractivity contribution < 1.29 is 9.18 Å². The first-order valence-electron chi connectivity index (χ1n) is 5.53. The van der Waals surface area contributed by atoms with E-state index in [0.29, 0.717) is 16.7 Å². The van der Waals surface area contributed by atoms with Gasteiger partial charge < -0.3 is 5.73 Å². The second-order valence-electron chi connectivity index (χ2n) is 3.97. The number of nitrogens with two attached hydrogens (primary N) is 1. The first-order valence-corrected chi connectivity index (χ1v) is 5.53. The van der Waals surface area contributed by atoms with Crippen molar-refractivity contribution in [2.45, 2.75) is 33.6 Å². The van der Waals surface area contributed by atoms with E-state index in [1.54, 1.807) is 13.8 Å². The number of rotatable bonds is 6. The van der Waals surface area contributed by atoms with Crippen LogP contribution in [0, 0.1) is 0 Å². The molecule has 0 atom stereocenters. The van der Waals surface area contributed by atoms with Crippen LogP contribution in [0.3, 0.4) is 0 Å². The molecule has 2 nitrogen and oxygen atoms in total. The average Bonchev–Trinajstić information content (AvgIpc) is 2.23. The Bertz CT molecular complexity index is 402. The third-order valence-corrected chi connectivity index (χ3v) is 2.57. The number of carbonyl (C=O) groups excluding carboxylic acids is 1. The molecule has 0 heterocycles. The Hall–Kier alpha value is -1.64. The quantitative estimate of drug-likeness (QED) is 0.557. The van der Waals surface area contributed by atoms with Crippen LogP contribution >= 0.6 is 0 Å². The van der Waals surface area contributed by atoms with Crippen molar-refractivity contribution >= 4 is 5.91 Å². The highest BCUT2D eigenvalue weighted by Gasteiger charge is 2.11. The third kappa shape index (κ3) is 4.81. The smallest absolute Gasteiger partial charge is 0.244 e. The Balaban J connectivity index is 5.50. The van der Waals surface area contributed by atoms with Crippen molar-refractivity contribution in [2.24, 2.45) is 5.73 Å². The molecule has 0 fully saturated rings. The number of amides is 1. The van der Waals surface area contributed by atoms with Crippen LogP contribution in [0.1, 0.15) is 33.6 Å². The monoisotopic (exact) mass is 237 g/mol. The van der Waals surface area contributed by atoms with Gasteiger partial charge in [0.15, 0.2) is 0 Å². The summed E-state index contributed by atoms with van der Waals surface area (Å²) in [5, 5.41) is 0. The number of primary amides is 1. The lowest BCUT2D eigenvalue weighted by molar-refractivity contribution is -0.114. The summed E-state index contributed by atoms with van der Waals surface area (Å²) in [6, 6.07) is 0. The molecule has 0 rings (SSSR count). The Morgan fingerprint density at radius 2 is 1.82 bits per heavy atom. The van der Waals surface area contributed by atoms with Crippen LogP contribution in [0.4, 0.5) is 4.39 Å². The SMILES string of the molecule is C=C(F)/C=C(C(=C)CCC)/C(C)=C(\C)C(N)=O. The summed E-state index contributed by atoms with van der Waals surface area (Å²) in [5.41, 5.74) is 7.66. The van der Waals surface area contributed by atoms with Crippen molar-refractivity contribution in [3.05, 3.63) is 47.4 Å². The fourth-order valence-corrected chi connectivity index (χ4v) is 1.46. The highest BCUT2D eigenvalue weighted by atomic mass is 19.1. The van der Waals surface area contributed by atoms with Crippen LogP contribution in [0.2, 0.25) is 0 Å². The van der Waals surface area contributed by atoms with Crippen LogP contribution in [0.15, 0.2) is 47.4 Å². The van der Waals surface area contributed by atoms with Crippen molar-refractivity contribution in [1.29, 1.82) is 0 Å². The Morgan fingerprint density at radius 1 is 1.29 bits per heavy atom. The van der Waals surface area contributed by atoms with E-state index >= 15 is 0 Å². The van der Waals surface area contributed by atoms with E-state index in [2.05, 4.69) is 13.2 Å². The van der Waals surface area contributed by atoms with Gasteiger partial charge >= 0.3 is 0 Å². The van der Waals surface area contributed by atoms with E-state index in [1.807, 2.05) is 6.92 Å². The third-order valence-electron chi connectivity index (χ3n) is 2.57. The number of carbonyl (C=O) groups is 1. The topological polar surface area (TPSA) is 43.1 Å². The zero-order chi connectivity index (χ0) is 13.6. The molecule has 0 aliphatic heterocycles. The highest BCUT2D eigenvalue weighted by Crippen LogP contribution is 2.25. The standard InChI is InChI=1S/C14H20FNO/c1-6-7-9(2)13(8-10(3)15)11(4)12(5)14(16)17/h8H,2-3,6-7H2,1,4-5H3,(H2,16,17)/b12-11+,13-8+. The molecule has 0 aromatic rings. The van der Waals surface area contributed by atoms with Gasteiger partial charge in [0.05, 0.1) is 0 Å². The molecule has 0 unspecified atom stereocenters. The van der Waals surface area contributed by atoms with E-state index in [0.717, 1.165) is 18.4 Å². The molecule has 0 bridgehead atoms. The summed E-state index contributed by atoms with van der Waals surface area (Å²) in [4.78, 5) is 11.1. The van der Waals surface area contributed by atoms with Gasteiger partial charge in [0.2, 0.25) is 5.91 Å². The van der Waals surface area contributed by atoms with Gasteiger partial charge in [-0.2, -0.15) is 0 Å². The second kappa shape index (κ2) is 6.84. The predicted octanol–water partition coefficient (Wildman–Crippen LogP) is 3.57. The zero-order valence-electron chi connectivity index (χ0n) is 10.8. The van der Waals surface area contributed by atoms with Crippen LogP contribution < -0.4 is 5.73 Å². The second-order valence-corrected chi connectivity index (χ2v) is 3.97. The van der Waals surface area contributed by atoms with Crippen molar-refractivity contribution in [1.82, 2.24) is 0 Å². The van der Waals surface area contributed by atoms with Gasteiger partial charge in [-0.25, -0.2) is 4.39 Å². The summed E-state index contributed by atoms with van der Waals surface area (Å²) in [6.45, 7) is 12.5. The van der Waals surface area contributed by atoms with Gasteiger partial charge in [-0.05, 0) is 43.1 Å². The largest absolute Gasteiger partial charge is 0.366 e. The minimum Gasteiger partial charge on any atom is -0.366 e. The molecule has 1 amide bonds. The molecule has 0 aromatic carbocycles. The van der Waals surface area contributed by atoms with Crippen molar-refractivity contribution in [3.8, 4) is 0 Å². The number of allylic oxidation sites excluding steroid dienone is 5. The molecule has 94 valence electrons. The van der Waals surface area contributed by atoms with Crippen molar-refractivity contribution in [2.75, 3.05) is 0 Å². The summed E-state index contributed by atoms with van der Waals surface area (Å²) < 4.78 is 12.9. The Labute approximate surface area is 102 Å². The maximum absolute atomic E-state index is 12.9. The molecule has 0 aliphatic carbocycles. The molecule has 17 heavy (non-hydrogen) atoms. The van der Waals surface area contributed by atoms with E-state index in [4.69, 9.17) is 5.73 Å². The summed E-state index contributed by atoms with van der Waals surface area (Å²) >= 11 is 0. The highest BCUT2D eigenvalue weighted by molar-refractivity contribution is 5.93. The molecule has 3 heteroatoms. The Kier molecular flexibility index (Phi) is 6.18. The Morgan fingerprint density at radius 3 is 2.18 bits per heavy atom. The number of hydrogen-bond acceptors (Lipinski definition) is 1. The molecular weight excluding hydrogens is 217 g/mol. The van der Waals surface area contributed by atoms with Gasteiger partial charge in [-0.15, -0.1) is 0 Å². The maximum Gasteiger partial charge on any atom is 0.244 e. The van der Waals surface area contributed by atoms with Crippen LogP contribution in [-0.2, 0) is 4.79 Å². The minimum absolute atomic E-state index is 0.412. The molecule has 0 radical (unpaired) electrons. The van der Waals surface area contributed by atoms with Gasteiger partial charge in [0.1, 0.15) is 5.83 Å².